The van der Waals surface area contributed by atoms with Crippen LogP contribution in [-0.4, -0.2) is 9.55 Å². The van der Waals surface area contributed by atoms with Gasteiger partial charge in [-0.2, -0.15) is 0 Å². The Bertz CT molecular complexity index is 1210. The highest BCUT2D eigenvalue weighted by atomic mass is 19.1. The van der Waals surface area contributed by atoms with Gasteiger partial charge >= 0.3 is 5.69 Å². The van der Waals surface area contributed by atoms with Crippen molar-refractivity contribution in [3.05, 3.63) is 105 Å². The molecule has 4 aromatic rings. The number of anilines is 1. The fourth-order valence-corrected chi connectivity index (χ4v) is 2.95. The first-order valence-electron chi connectivity index (χ1n) is 8.45. The molecule has 0 bridgehead atoms. The number of H-pyrrole nitrogens is 1. The number of para-hydroxylation sites is 1. The summed E-state index contributed by atoms with van der Waals surface area (Å²) >= 11 is 0. The van der Waals surface area contributed by atoms with Crippen molar-refractivity contribution in [2.24, 2.45) is 0 Å². The summed E-state index contributed by atoms with van der Waals surface area (Å²) in [6.45, 7) is 0.497. The normalized spacial score (nSPS) is 10.9. The van der Waals surface area contributed by atoms with Crippen LogP contribution in [0.25, 0.3) is 16.6 Å². The fourth-order valence-electron chi connectivity index (χ4n) is 2.95. The molecule has 27 heavy (non-hydrogen) atoms. The number of nitrogens with zero attached hydrogens (tertiary/aromatic N) is 1. The zero-order valence-electron chi connectivity index (χ0n) is 14.3. The summed E-state index contributed by atoms with van der Waals surface area (Å²) < 4.78 is 14.1. The van der Waals surface area contributed by atoms with Crippen LogP contribution in [0, 0.1) is 5.82 Å². The van der Waals surface area contributed by atoms with E-state index in [4.69, 9.17) is 0 Å². The van der Waals surface area contributed by atoms with E-state index < -0.39 is 5.69 Å². The van der Waals surface area contributed by atoms with Crippen LogP contribution in [-0.2, 0) is 6.54 Å². The number of nitrogens with one attached hydrogen (secondary N) is 2. The molecule has 0 amide bonds. The summed E-state index contributed by atoms with van der Waals surface area (Å²) in [7, 11) is 0. The largest absolute Gasteiger partial charge is 0.381 e. The molecule has 0 saturated carbocycles. The topological polar surface area (TPSA) is 66.9 Å². The van der Waals surface area contributed by atoms with Crippen molar-refractivity contribution in [3.63, 3.8) is 0 Å². The highest BCUT2D eigenvalue weighted by Crippen LogP contribution is 2.16. The maximum absolute atomic E-state index is 13.0. The number of rotatable bonds is 4. The Hall–Kier alpha value is -3.67. The molecule has 0 aliphatic carbocycles. The molecule has 134 valence electrons. The van der Waals surface area contributed by atoms with Crippen molar-refractivity contribution >= 4 is 16.6 Å². The third-order valence-corrected chi connectivity index (χ3v) is 4.32. The molecule has 0 saturated heterocycles. The molecule has 3 aromatic carbocycles. The first-order chi connectivity index (χ1) is 13.1. The van der Waals surface area contributed by atoms with Gasteiger partial charge in [0.1, 0.15) is 5.82 Å². The van der Waals surface area contributed by atoms with Crippen LogP contribution >= 0.6 is 0 Å². The predicted octanol–water partition coefficient (Wildman–Crippen LogP) is 3.43. The van der Waals surface area contributed by atoms with Gasteiger partial charge in [-0.25, -0.2) is 13.8 Å². The Balaban J connectivity index is 1.68. The van der Waals surface area contributed by atoms with E-state index in [2.05, 4.69) is 10.3 Å². The van der Waals surface area contributed by atoms with Crippen molar-refractivity contribution in [1.82, 2.24) is 9.55 Å². The van der Waals surface area contributed by atoms with Gasteiger partial charge in [0, 0.05) is 12.2 Å². The second kappa shape index (κ2) is 6.92. The summed E-state index contributed by atoms with van der Waals surface area (Å²) in [5.74, 6) is -0.281. The van der Waals surface area contributed by atoms with Crippen LogP contribution in [0.2, 0.25) is 0 Å². The zero-order valence-corrected chi connectivity index (χ0v) is 14.3. The van der Waals surface area contributed by atoms with Crippen LogP contribution in [0.5, 0.6) is 0 Å². The molecule has 1 aromatic heterocycles. The number of aromatic nitrogens is 2. The smallest absolute Gasteiger partial charge is 0.333 e. The molecule has 0 spiro atoms. The second-order valence-electron chi connectivity index (χ2n) is 6.15. The highest BCUT2D eigenvalue weighted by molar-refractivity contribution is 5.81. The average Bonchev–Trinajstić information content (AvgIpc) is 2.68. The van der Waals surface area contributed by atoms with Crippen LogP contribution in [0.15, 0.2) is 82.4 Å². The number of aromatic amines is 1. The van der Waals surface area contributed by atoms with Gasteiger partial charge in [0.15, 0.2) is 0 Å². The Morgan fingerprint density at radius 2 is 1.67 bits per heavy atom. The molecular weight excluding hydrogens is 345 g/mol. The summed E-state index contributed by atoms with van der Waals surface area (Å²) in [6.07, 6.45) is 0. The van der Waals surface area contributed by atoms with E-state index in [1.807, 2.05) is 6.07 Å². The van der Waals surface area contributed by atoms with Crippen molar-refractivity contribution in [1.29, 1.82) is 0 Å². The Morgan fingerprint density at radius 3 is 2.41 bits per heavy atom. The number of hydrogen-bond donors (Lipinski definition) is 2. The van der Waals surface area contributed by atoms with Crippen LogP contribution in [0.4, 0.5) is 10.1 Å². The van der Waals surface area contributed by atoms with Crippen molar-refractivity contribution in [2.75, 3.05) is 5.32 Å². The first-order valence-corrected chi connectivity index (χ1v) is 8.45. The molecule has 0 aliphatic rings. The van der Waals surface area contributed by atoms with Gasteiger partial charge in [-0.15, -0.1) is 0 Å². The van der Waals surface area contributed by atoms with Gasteiger partial charge in [-0.1, -0.05) is 30.3 Å². The highest BCUT2D eigenvalue weighted by Gasteiger charge is 2.09. The SMILES string of the molecule is O=c1[nH]c2cc(NCc3ccc(F)cc3)ccc2c(=O)n1-c1ccccc1. The van der Waals surface area contributed by atoms with E-state index in [1.165, 1.54) is 12.1 Å². The third kappa shape index (κ3) is 3.37. The van der Waals surface area contributed by atoms with Gasteiger partial charge < -0.3 is 10.3 Å². The number of hydrogen-bond acceptors (Lipinski definition) is 3. The van der Waals surface area contributed by atoms with Gasteiger partial charge in [-0.05, 0) is 48.0 Å². The van der Waals surface area contributed by atoms with E-state index in [0.717, 1.165) is 15.8 Å². The van der Waals surface area contributed by atoms with E-state index in [-0.39, 0.29) is 11.4 Å². The van der Waals surface area contributed by atoms with Gasteiger partial charge in [-0.3, -0.25) is 4.79 Å². The number of fused-ring (bicyclic) bond motifs is 1. The Kier molecular flexibility index (Phi) is 4.30. The van der Waals surface area contributed by atoms with E-state index >= 15 is 0 Å². The van der Waals surface area contributed by atoms with Crippen molar-refractivity contribution in [3.8, 4) is 5.69 Å². The third-order valence-electron chi connectivity index (χ3n) is 4.32. The Morgan fingerprint density at radius 1 is 0.926 bits per heavy atom. The standard InChI is InChI=1S/C21H16FN3O2/c22-15-8-6-14(7-9-15)13-23-16-10-11-18-19(12-16)24-21(27)25(20(18)26)17-4-2-1-3-5-17/h1-12,23H,13H2,(H,24,27). The molecule has 2 N–H and O–H groups in total. The maximum Gasteiger partial charge on any atom is 0.333 e. The van der Waals surface area contributed by atoms with Crippen LogP contribution < -0.4 is 16.6 Å². The molecule has 0 fully saturated rings. The first kappa shape index (κ1) is 16.8. The lowest BCUT2D eigenvalue weighted by Gasteiger charge is -2.09. The molecule has 5 nitrogen and oxygen atoms in total. The van der Waals surface area contributed by atoms with Gasteiger partial charge in [0.05, 0.1) is 16.6 Å². The molecule has 1 heterocycles. The number of benzene rings is 3. The lowest BCUT2D eigenvalue weighted by Crippen LogP contribution is -2.33. The minimum atomic E-state index is -0.491. The molecule has 0 unspecified atom stereocenters. The lowest BCUT2D eigenvalue weighted by atomic mass is 10.2. The zero-order chi connectivity index (χ0) is 18.8. The summed E-state index contributed by atoms with van der Waals surface area (Å²) in [6, 6.07) is 20.2. The Labute approximate surface area is 153 Å². The minimum Gasteiger partial charge on any atom is -0.381 e. The van der Waals surface area contributed by atoms with Gasteiger partial charge in [0.25, 0.3) is 5.56 Å². The molecule has 4 rings (SSSR count). The minimum absolute atomic E-state index is 0.281. The molecule has 6 heteroatoms. The molecule has 0 aliphatic heterocycles. The molecule has 0 atom stereocenters. The van der Waals surface area contributed by atoms with Crippen LogP contribution in [0.3, 0.4) is 0 Å². The van der Waals surface area contributed by atoms with Crippen molar-refractivity contribution in [2.45, 2.75) is 6.54 Å². The maximum atomic E-state index is 13.0. The van der Waals surface area contributed by atoms with Crippen LogP contribution in [0.1, 0.15) is 5.56 Å². The molecule has 0 radical (unpaired) electrons. The van der Waals surface area contributed by atoms with Gasteiger partial charge in [0.2, 0.25) is 0 Å². The monoisotopic (exact) mass is 361 g/mol. The summed E-state index contributed by atoms with van der Waals surface area (Å²) in [4.78, 5) is 27.9. The summed E-state index contributed by atoms with van der Waals surface area (Å²) in [5.41, 5.74) is 1.79. The molecular formula is C21H16FN3O2. The predicted molar refractivity (Wildman–Crippen MR) is 104 cm³/mol. The van der Waals surface area contributed by atoms with E-state index in [1.54, 1.807) is 54.6 Å². The lowest BCUT2D eigenvalue weighted by molar-refractivity contribution is 0.627. The fraction of sp³-hybridized carbons (Fsp3) is 0.0476. The average molecular weight is 361 g/mol. The summed E-state index contributed by atoms with van der Waals surface area (Å²) in [5, 5.41) is 3.63. The second-order valence-corrected chi connectivity index (χ2v) is 6.15. The number of halogens is 1. The van der Waals surface area contributed by atoms with E-state index in [9.17, 15) is 14.0 Å². The van der Waals surface area contributed by atoms with E-state index in [0.29, 0.717) is 23.1 Å². The van der Waals surface area contributed by atoms with Crippen molar-refractivity contribution < 1.29 is 4.39 Å². The quantitative estimate of drug-likeness (QED) is 0.585.